The molecule has 2 aromatic rings. The molecule has 6 nitrogen and oxygen atoms in total. The molecule has 0 saturated carbocycles. The Labute approximate surface area is 129 Å². The Morgan fingerprint density at radius 3 is 2.82 bits per heavy atom. The molecule has 0 radical (unpaired) electrons. The highest BCUT2D eigenvalue weighted by molar-refractivity contribution is 5.31. The van der Waals surface area contributed by atoms with E-state index < -0.39 is 0 Å². The fraction of sp³-hybridized carbons (Fsp3) is 0.375. The number of aromatic nitrogens is 2. The standard InChI is InChI=1S/C16H21N3O3/c1-12-8-15(21)16(22)14(11-18(2)6-7-20)19(12)10-13-4-3-5-17-9-13/h3-5,8-9,20,22H,6-7,10-11H2,1-2H3. The van der Waals surface area contributed by atoms with E-state index in [9.17, 15) is 9.90 Å². The summed E-state index contributed by atoms with van der Waals surface area (Å²) in [5.41, 5.74) is 1.93. The highest BCUT2D eigenvalue weighted by Crippen LogP contribution is 2.18. The maximum atomic E-state index is 11.9. The Bertz CT molecular complexity index is 683. The summed E-state index contributed by atoms with van der Waals surface area (Å²) in [6.45, 7) is 3.23. The first kappa shape index (κ1) is 16.2. The molecule has 0 aliphatic rings. The minimum atomic E-state index is -0.382. The van der Waals surface area contributed by atoms with Crippen LogP contribution in [0.25, 0.3) is 0 Å². The van der Waals surface area contributed by atoms with E-state index in [1.807, 2.05) is 35.6 Å². The van der Waals surface area contributed by atoms with E-state index in [0.717, 1.165) is 11.3 Å². The minimum Gasteiger partial charge on any atom is -0.503 e. The van der Waals surface area contributed by atoms with Crippen molar-refractivity contribution < 1.29 is 10.2 Å². The van der Waals surface area contributed by atoms with Crippen LogP contribution in [0.1, 0.15) is 17.0 Å². The molecule has 2 aromatic heterocycles. The summed E-state index contributed by atoms with van der Waals surface area (Å²) in [4.78, 5) is 17.8. The summed E-state index contributed by atoms with van der Waals surface area (Å²) in [6.07, 6.45) is 3.46. The molecule has 6 heteroatoms. The van der Waals surface area contributed by atoms with Crippen molar-refractivity contribution in [2.45, 2.75) is 20.0 Å². The number of hydrogen-bond acceptors (Lipinski definition) is 5. The van der Waals surface area contributed by atoms with Gasteiger partial charge in [-0.15, -0.1) is 0 Å². The van der Waals surface area contributed by atoms with Gasteiger partial charge < -0.3 is 14.8 Å². The SMILES string of the molecule is Cc1cc(=O)c(O)c(CN(C)CCO)n1Cc1cccnc1. The molecule has 0 saturated heterocycles. The van der Waals surface area contributed by atoms with Gasteiger partial charge in [0.1, 0.15) is 0 Å². The van der Waals surface area contributed by atoms with E-state index in [1.165, 1.54) is 6.07 Å². The van der Waals surface area contributed by atoms with Crippen molar-refractivity contribution in [2.75, 3.05) is 20.2 Å². The zero-order chi connectivity index (χ0) is 16.1. The summed E-state index contributed by atoms with van der Waals surface area (Å²) in [5, 5.41) is 19.2. The Morgan fingerprint density at radius 1 is 1.41 bits per heavy atom. The van der Waals surface area contributed by atoms with E-state index in [1.54, 1.807) is 12.4 Å². The third-order valence-corrected chi connectivity index (χ3v) is 3.56. The lowest BCUT2D eigenvalue weighted by Crippen LogP contribution is -2.26. The maximum absolute atomic E-state index is 11.9. The minimum absolute atomic E-state index is 0.0237. The van der Waals surface area contributed by atoms with Crippen LogP contribution in [0, 0.1) is 6.92 Å². The lowest BCUT2D eigenvalue weighted by molar-refractivity contribution is 0.212. The second kappa shape index (κ2) is 7.20. The zero-order valence-corrected chi connectivity index (χ0v) is 12.9. The number of pyridine rings is 2. The van der Waals surface area contributed by atoms with Crippen molar-refractivity contribution in [2.24, 2.45) is 0 Å². The second-order valence-corrected chi connectivity index (χ2v) is 5.35. The molecule has 2 rings (SSSR count). The predicted octanol–water partition coefficient (Wildman–Crippen LogP) is 0.730. The summed E-state index contributed by atoms with van der Waals surface area (Å²) in [5.74, 6) is -0.237. The molecule has 0 aliphatic heterocycles. The number of nitrogens with zero attached hydrogens (tertiary/aromatic N) is 3. The van der Waals surface area contributed by atoms with Gasteiger partial charge in [-0.25, -0.2) is 0 Å². The van der Waals surface area contributed by atoms with Crippen molar-refractivity contribution in [1.82, 2.24) is 14.5 Å². The Kier molecular flexibility index (Phi) is 5.30. The fourth-order valence-corrected chi connectivity index (χ4v) is 2.38. The lowest BCUT2D eigenvalue weighted by atomic mass is 10.2. The first-order valence-corrected chi connectivity index (χ1v) is 7.13. The number of rotatable bonds is 6. The zero-order valence-electron chi connectivity index (χ0n) is 12.9. The first-order valence-electron chi connectivity index (χ1n) is 7.13. The van der Waals surface area contributed by atoms with Gasteiger partial charge in [0, 0.05) is 43.8 Å². The predicted molar refractivity (Wildman–Crippen MR) is 83.9 cm³/mol. The molecular weight excluding hydrogens is 282 g/mol. The molecule has 0 aliphatic carbocycles. The number of aromatic hydroxyl groups is 1. The van der Waals surface area contributed by atoms with Crippen molar-refractivity contribution in [3.63, 3.8) is 0 Å². The van der Waals surface area contributed by atoms with E-state index in [2.05, 4.69) is 4.98 Å². The van der Waals surface area contributed by atoms with E-state index >= 15 is 0 Å². The lowest BCUT2D eigenvalue weighted by Gasteiger charge is -2.22. The fourth-order valence-electron chi connectivity index (χ4n) is 2.38. The van der Waals surface area contributed by atoms with Gasteiger partial charge in [-0.3, -0.25) is 14.7 Å². The summed E-state index contributed by atoms with van der Waals surface area (Å²) < 4.78 is 1.90. The number of aryl methyl sites for hydroxylation is 1. The summed E-state index contributed by atoms with van der Waals surface area (Å²) >= 11 is 0. The molecular formula is C16H21N3O3. The van der Waals surface area contributed by atoms with Crippen molar-refractivity contribution >= 4 is 0 Å². The van der Waals surface area contributed by atoms with Crippen molar-refractivity contribution in [1.29, 1.82) is 0 Å². The Balaban J connectivity index is 2.42. The van der Waals surface area contributed by atoms with Gasteiger partial charge in [0.2, 0.25) is 5.43 Å². The number of aliphatic hydroxyl groups is 1. The molecule has 0 unspecified atom stereocenters. The van der Waals surface area contributed by atoms with Gasteiger partial charge in [-0.1, -0.05) is 6.07 Å². The summed E-state index contributed by atoms with van der Waals surface area (Å²) in [7, 11) is 1.83. The topological polar surface area (TPSA) is 78.6 Å². The molecule has 0 bridgehead atoms. The molecule has 0 atom stereocenters. The van der Waals surface area contributed by atoms with Crippen LogP contribution >= 0.6 is 0 Å². The third-order valence-electron chi connectivity index (χ3n) is 3.56. The average Bonchev–Trinajstić information content (AvgIpc) is 2.50. The van der Waals surface area contributed by atoms with E-state index in [-0.39, 0.29) is 17.8 Å². The maximum Gasteiger partial charge on any atom is 0.223 e. The first-order chi connectivity index (χ1) is 10.5. The van der Waals surface area contributed by atoms with Gasteiger partial charge in [0.15, 0.2) is 5.75 Å². The van der Waals surface area contributed by atoms with Crippen LogP contribution in [0.3, 0.4) is 0 Å². The quantitative estimate of drug-likeness (QED) is 0.822. The molecule has 0 fully saturated rings. The van der Waals surface area contributed by atoms with Crippen LogP contribution in [0.2, 0.25) is 0 Å². The van der Waals surface area contributed by atoms with Crippen LogP contribution in [0.15, 0.2) is 35.4 Å². The largest absolute Gasteiger partial charge is 0.503 e. The summed E-state index contributed by atoms with van der Waals surface area (Å²) in [6, 6.07) is 5.23. The Morgan fingerprint density at radius 2 is 2.18 bits per heavy atom. The third kappa shape index (κ3) is 3.72. The van der Waals surface area contributed by atoms with Crippen molar-refractivity contribution in [3.8, 4) is 5.75 Å². The number of likely N-dealkylation sites (N-methyl/N-ethyl adjacent to an activating group) is 1. The van der Waals surface area contributed by atoms with Crippen LogP contribution < -0.4 is 5.43 Å². The Hall–Kier alpha value is -2.18. The van der Waals surface area contributed by atoms with E-state index in [4.69, 9.17) is 5.11 Å². The van der Waals surface area contributed by atoms with Gasteiger partial charge >= 0.3 is 0 Å². The van der Waals surface area contributed by atoms with Crippen LogP contribution in [-0.2, 0) is 13.1 Å². The van der Waals surface area contributed by atoms with Crippen LogP contribution in [0.5, 0.6) is 5.75 Å². The van der Waals surface area contributed by atoms with Gasteiger partial charge in [0.25, 0.3) is 0 Å². The molecule has 0 amide bonds. The number of aliphatic hydroxyl groups excluding tert-OH is 1. The van der Waals surface area contributed by atoms with Crippen LogP contribution in [0.4, 0.5) is 0 Å². The molecule has 0 spiro atoms. The highest BCUT2D eigenvalue weighted by Gasteiger charge is 2.15. The molecule has 118 valence electrons. The molecule has 2 N–H and O–H groups in total. The smallest absolute Gasteiger partial charge is 0.223 e. The normalized spacial score (nSPS) is 11.1. The van der Waals surface area contributed by atoms with E-state index in [0.29, 0.717) is 25.3 Å². The second-order valence-electron chi connectivity index (χ2n) is 5.35. The van der Waals surface area contributed by atoms with Gasteiger partial charge in [0.05, 0.1) is 12.3 Å². The van der Waals surface area contributed by atoms with Gasteiger partial charge in [-0.2, -0.15) is 0 Å². The molecule has 0 aromatic carbocycles. The van der Waals surface area contributed by atoms with Gasteiger partial charge in [-0.05, 0) is 25.6 Å². The number of hydrogen-bond donors (Lipinski definition) is 2. The van der Waals surface area contributed by atoms with Crippen molar-refractivity contribution in [3.05, 3.63) is 57.8 Å². The highest BCUT2D eigenvalue weighted by atomic mass is 16.3. The van der Waals surface area contributed by atoms with Crippen LogP contribution in [-0.4, -0.2) is 44.9 Å². The molecule has 22 heavy (non-hydrogen) atoms. The average molecular weight is 303 g/mol. The monoisotopic (exact) mass is 303 g/mol. The molecule has 2 heterocycles.